The molecule has 0 radical (unpaired) electrons. The zero-order valence-corrected chi connectivity index (χ0v) is 13.7. The van der Waals surface area contributed by atoms with Crippen LogP contribution in [0.5, 0.6) is 0 Å². The summed E-state index contributed by atoms with van der Waals surface area (Å²) in [4.78, 5) is 14.9. The Labute approximate surface area is 128 Å². The largest absolute Gasteiger partial charge is 0.339 e. The van der Waals surface area contributed by atoms with E-state index in [9.17, 15) is 4.79 Å². The monoisotopic (exact) mass is 343 g/mol. The van der Waals surface area contributed by atoms with E-state index in [1.54, 1.807) is 0 Å². The molecular formula is C15H19BrClNO. The number of nitrogens with zero attached hydrogens (tertiary/aromatic N) is 1. The molecular weight excluding hydrogens is 326 g/mol. The molecule has 0 aliphatic carbocycles. The Hall–Kier alpha value is -0.540. The molecule has 4 heteroatoms. The average molecular weight is 345 g/mol. The maximum absolute atomic E-state index is 12.5. The van der Waals surface area contributed by atoms with Crippen LogP contribution in [-0.4, -0.2) is 28.7 Å². The summed E-state index contributed by atoms with van der Waals surface area (Å²) in [7, 11) is 0. The maximum Gasteiger partial charge on any atom is 0.255 e. The van der Waals surface area contributed by atoms with Gasteiger partial charge >= 0.3 is 0 Å². The average Bonchev–Trinajstić information content (AvgIpc) is 2.41. The van der Waals surface area contributed by atoms with Crippen LogP contribution < -0.4 is 0 Å². The molecule has 0 N–H and O–H groups in total. The highest BCUT2D eigenvalue weighted by atomic mass is 79.9. The molecule has 1 fully saturated rings. The number of amides is 1. The summed E-state index contributed by atoms with van der Waals surface area (Å²) in [6.07, 6.45) is 2.11. The maximum atomic E-state index is 12.5. The quantitative estimate of drug-likeness (QED) is 0.733. The molecule has 1 aliphatic heterocycles. The molecule has 19 heavy (non-hydrogen) atoms. The van der Waals surface area contributed by atoms with Gasteiger partial charge in [-0.3, -0.25) is 4.79 Å². The van der Waals surface area contributed by atoms with Gasteiger partial charge in [-0.25, -0.2) is 0 Å². The Kier molecular flexibility index (Phi) is 4.91. The summed E-state index contributed by atoms with van der Waals surface area (Å²) in [5, 5.41) is 0.587. The van der Waals surface area contributed by atoms with E-state index in [2.05, 4.69) is 22.9 Å². The number of likely N-dealkylation sites (tertiary alicyclic amines) is 1. The normalized spacial score (nSPS) is 18.4. The smallest absolute Gasteiger partial charge is 0.255 e. The van der Waals surface area contributed by atoms with Gasteiger partial charge in [0.25, 0.3) is 5.91 Å². The van der Waals surface area contributed by atoms with Crippen LogP contribution in [-0.2, 0) is 0 Å². The van der Waals surface area contributed by atoms with Crippen molar-refractivity contribution in [3.8, 4) is 0 Å². The predicted molar refractivity (Wildman–Crippen MR) is 83.2 cm³/mol. The first-order chi connectivity index (χ1) is 9.00. The summed E-state index contributed by atoms with van der Waals surface area (Å²) >= 11 is 9.87. The minimum absolute atomic E-state index is 0.0642. The second-order valence-corrected chi connectivity index (χ2v) is 7.07. The Bertz CT molecular complexity index is 467. The van der Waals surface area contributed by atoms with Crippen LogP contribution in [0, 0.1) is 12.8 Å². The van der Waals surface area contributed by atoms with Crippen molar-refractivity contribution in [2.24, 2.45) is 5.92 Å². The Balaban J connectivity index is 2.07. The van der Waals surface area contributed by atoms with Gasteiger partial charge in [-0.15, -0.1) is 0 Å². The van der Waals surface area contributed by atoms with E-state index < -0.39 is 0 Å². The van der Waals surface area contributed by atoms with Gasteiger partial charge < -0.3 is 4.90 Å². The molecule has 0 spiro atoms. The van der Waals surface area contributed by atoms with Crippen LogP contribution >= 0.6 is 27.5 Å². The lowest BCUT2D eigenvalue weighted by Gasteiger charge is -2.33. The summed E-state index contributed by atoms with van der Waals surface area (Å²) < 4.78 is 0. The van der Waals surface area contributed by atoms with Crippen LogP contribution in [0.1, 0.15) is 35.7 Å². The molecule has 2 nitrogen and oxygen atoms in total. The van der Waals surface area contributed by atoms with Crippen molar-refractivity contribution in [3.63, 3.8) is 0 Å². The van der Waals surface area contributed by atoms with E-state index in [1.807, 2.05) is 30.0 Å². The first-order valence-corrected chi connectivity index (χ1v) is 7.98. The van der Waals surface area contributed by atoms with Crippen LogP contribution in [0.2, 0.25) is 5.02 Å². The topological polar surface area (TPSA) is 20.3 Å². The number of hydrogen-bond donors (Lipinski definition) is 0. The molecule has 1 atom stereocenters. The second-order valence-electron chi connectivity index (χ2n) is 5.24. The molecule has 1 amide bonds. The minimum Gasteiger partial charge on any atom is -0.339 e. The second kappa shape index (κ2) is 6.27. The number of carbonyl (C=O) groups is 1. The molecule has 1 heterocycles. The number of halogens is 2. The van der Waals surface area contributed by atoms with Crippen molar-refractivity contribution < 1.29 is 4.79 Å². The molecule has 0 aromatic heterocycles. The molecule has 1 aromatic rings. The fourth-order valence-corrected chi connectivity index (χ4v) is 3.28. The van der Waals surface area contributed by atoms with Gasteiger partial charge in [0.05, 0.1) is 10.6 Å². The van der Waals surface area contributed by atoms with Gasteiger partial charge in [-0.2, -0.15) is 0 Å². The zero-order valence-electron chi connectivity index (χ0n) is 11.3. The van der Waals surface area contributed by atoms with Crippen LogP contribution in [0.15, 0.2) is 18.2 Å². The standard InChI is InChI=1S/C15H19BrClNO/c1-10-4-3-5-13(14(10)17)15(19)18-8-6-12(7-9-18)11(2)16/h3-5,11-12H,6-9H2,1-2H3. The van der Waals surface area contributed by atoms with Gasteiger partial charge in [0.1, 0.15) is 0 Å². The van der Waals surface area contributed by atoms with Gasteiger partial charge in [0, 0.05) is 17.9 Å². The van der Waals surface area contributed by atoms with Crippen molar-refractivity contribution >= 4 is 33.4 Å². The third-order valence-corrected chi connectivity index (χ3v) is 5.15. The fourth-order valence-electron chi connectivity index (χ4n) is 2.54. The Morgan fingerprint density at radius 1 is 1.42 bits per heavy atom. The number of hydrogen-bond acceptors (Lipinski definition) is 1. The van der Waals surface area contributed by atoms with Crippen LogP contribution in [0.4, 0.5) is 0 Å². The summed E-state index contributed by atoms with van der Waals surface area (Å²) in [5.74, 6) is 0.728. The van der Waals surface area contributed by atoms with Crippen molar-refractivity contribution in [1.29, 1.82) is 0 Å². The third-order valence-electron chi connectivity index (χ3n) is 3.90. The van der Waals surface area contributed by atoms with E-state index in [0.29, 0.717) is 21.3 Å². The minimum atomic E-state index is 0.0642. The molecule has 0 bridgehead atoms. The molecule has 1 aliphatic rings. The molecule has 1 saturated heterocycles. The highest BCUT2D eigenvalue weighted by molar-refractivity contribution is 9.09. The molecule has 2 rings (SSSR count). The molecule has 1 aromatic carbocycles. The number of carbonyl (C=O) groups excluding carboxylic acids is 1. The van der Waals surface area contributed by atoms with Crippen molar-refractivity contribution in [2.75, 3.05) is 13.1 Å². The van der Waals surface area contributed by atoms with Gasteiger partial charge in [-0.1, -0.05) is 46.6 Å². The van der Waals surface area contributed by atoms with Crippen LogP contribution in [0.25, 0.3) is 0 Å². The van der Waals surface area contributed by atoms with Crippen molar-refractivity contribution in [3.05, 3.63) is 34.3 Å². The van der Waals surface area contributed by atoms with Crippen molar-refractivity contribution in [2.45, 2.75) is 31.5 Å². The molecule has 1 unspecified atom stereocenters. The summed E-state index contributed by atoms with van der Waals surface area (Å²) in [6.45, 7) is 5.75. The first kappa shape index (κ1) is 14.9. The Morgan fingerprint density at radius 2 is 2.05 bits per heavy atom. The number of piperidine rings is 1. The van der Waals surface area contributed by atoms with E-state index >= 15 is 0 Å². The third kappa shape index (κ3) is 3.32. The number of aryl methyl sites for hydroxylation is 1. The Morgan fingerprint density at radius 3 is 2.63 bits per heavy atom. The highest BCUT2D eigenvalue weighted by Gasteiger charge is 2.26. The molecule has 0 saturated carbocycles. The van der Waals surface area contributed by atoms with Crippen LogP contribution in [0.3, 0.4) is 0 Å². The lowest BCUT2D eigenvalue weighted by Crippen LogP contribution is -2.40. The lowest BCUT2D eigenvalue weighted by molar-refractivity contribution is 0.0691. The van der Waals surface area contributed by atoms with E-state index in [4.69, 9.17) is 11.6 Å². The SMILES string of the molecule is Cc1cccc(C(=O)N2CCC(C(C)Br)CC2)c1Cl. The highest BCUT2D eigenvalue weighted by Crippen LogP contribution is 2.27. The van der Waals surface area contributed by atoms with E-state index in [0.717, 1.165) is 31.5 Å². The fraction of sp³-hybridized carbons (Fsp3) is 0.533. The number of alkyl halides is 1. The zero-order chi connectivity index (χ0) is 14.0. The van der Waals surface area contributed by atoms with E-state index in [-0.39, 0.29) is 5.91 Å². The lowest BCUT2D eigenvalue weighted by atomic mass is 9.94. The van der Waals surface area contributed by atoms with E-state index in [1.165, 1.54) is 0 Å². The van der Waals surface area contributed by atoms with Gasteiger partial charge in [0.2, 0.25) is 0 Å². The molecule has 104 valence electrons. The van der Waals surface area contributed by atoms with Crippen molar-refractivity contribution in [1.82, 2.24) is 4.90 Å². The first-order valence-electron chi connectivity index (χ1n) is 6.69. The number of benzene rings is 1. The predicted octanol–water partition coefficient (Wildman–Crippen LogP) is 4.28. The number of rotatable bonds is 2. The summed E-state index contributed by atoms with van der Waals surface area (Å²) in [5.41, 5.74) is 1.59. The van der Waals surface area contributed by atoms with Gasteiger partial charge in [0.15, 0.2) is 0 Å². The van der Waals surface area contributed by atoms with Gasteiger partial charge in [-0.05, 0) is 37.3 Å². The summed E-state index contributed by atoms with van der Waals surface area (Å²) in [6, 6.07) is 5.64.